The van der Waals surface area contributed by atoms with Gasteiger partial charge in [0.1, 0.15) is 0 Å². The fourth-order valence-corrected chi connectivity index (χ4v) is 3.03. The van der Waals surface area contributed by atoms with Crippen LogP contribution in [0, 0.1) is 13.8 Å². The smallest absolute Gasteiger partial charge is 0.0307 e. The van der Waals surface area contributed by atoms with Crippen molar-refractivity contribution in [2.75, 3.05) is 33.7 Å². The number of likely N-dealkylation sites (N-methyl/N-ethyl adjacent to an activating group) is 2. The van der Waals surface area contributed by atoms with Crippen LogP contribution in [0.25, 0.3) is 0 Å². The quantitative estimate of drug-likeness (QED) is 0.799. The molecule has 0 saturated carbocycles. The molecule has 0 aliphatic carbocycles. The van der Waals surface area contributed by atoms with E-state index in [9.17, 15) is 0 Å². The number of nitrogens with zero attached hydrogens (tertiary/aromatic N) is 2. The molecule has 2 unspecified atom stereocenters. The summed E-state index contributed by atoms with van der Waals surface area (Å²) in [5.74, 6) is 0. The van der Waals surface area contributed by atoms with Crippen molar-refractivity contribution in [1.82, 2.24) is 9.80 Å². The molecule has 120 valence electrons. The zero-order chi connectivity index (χ0) is 16.0. The molecule has 3 nitrogen and oxygen atoms in total. The molecule has 0 aliphatic rings. The lowest BCUT2D eigenvalue weighted by Gasteiger charge is -2.30. The van der Waals surface area contributed by atoms with Crippen molar-refractivity contribution >= 4 is 0 Å². The second kappa shape index (κ2) is 8.52. The van der Waals surface area contributed by atoms with Gasteiger partial charge in [0.25, 0.3) is 0 Å². The van der Waals surface area contributed by atoms with Crippen LogP contribution in [0.4, 0.5) is 0 Å². The molecule has 0 aromatic heterocycles. The predicted molar refractivity (Wildman–Crippen MR) is 92.7 cm³/mol. The van der Waals surface area contributed by atoms with Crippen LogP contribution in [0.5, 0.6) is 0 Å². The van der Waals surface area contributed by atoms with Gasteiger partial charge in [-0.25, -0.2) is 0 Å². The summed E-state index contributed by atoms with van der Waals surface area (Å²) in [6.45, 7) is 12.0. The van der Waals surface area contributed by atoms with Crippen LogP contribution in [0.3, 0.4) is 0 Å². The monoisotopic (exact) mass is 291 g/mol. The first-order chi connectivity index (χ1) is 9.83. The summed E-state index contributed by atoms with van der Waals surface area (Å²) >= 11 is 0. The van der Waals surface area contributed by atoms with Crippen LogP contribution in [-0.2, 0) is 0 Å². The van der Waals surface area contributed by atoms with Gasteiger partial charge in [0.05, 0.1) is 0 Å². The Balaban J connectivity index is 2.59. The van der Waals surface area contributed by atoms with Crippen LogP contribution in [0.1, 0.15) is 43.0 Å². The second-order valence-corrected chi connectivity index (χ2v) is 6.56. The summed E-state index contributed by atoms with van der Waals surface area (Å²) in [6, 6.07) is 7.34. The van der Waals surface area contributed by atoms with Crippen LogP contribution in [0.2, 0.25) is 0 Å². The Bertz CT molecular complexity index is 408. The number of aryl methyl sites for hydroxylation is 2. The first-order valence-electron chi connectivity index (χ1n) is 8.06. The van der Waals surface area contributed by atoms with Crippen LogP contribution in [-0.4, -0.2) is 49.6 Å². The van der Waals surface area contributed by atoms with Crippen molar-refractivity contribution in [3.8, 4) is 0 Å². The molecule has 0 fully saturated rings. The molecule has 0 heterocycles. The third kappa shape index (κ3) is 6.16. The minimum atomic E-state index is 0.129. The van der Waals surface area contributed by atoms with E-state index in [4.69, 9.17) is 5.73 Å². The van der Waals surface area contributed by atoms with Crippen molar-refractivity contribution in [1.29, 1.82) is 0 Å². The third-order valence-electron chi connectivity index (χ3n) is 4.06. The number of hydrogen-bond acceptors (Lipinski definition) is 3. The first-order valence-corrected chi connectivity index (χ1v) is 8.06. The number of rotatable bonds is 8. The molecule has 1 aromatic carbocycles. The van der Waals surface area contributed by atoms with Crippen molar-refractivity contribution in [2.24, 2.45) is 5.73 Å². The molecular weight excluding hydrogens is 258 g/mol. The van der Waals surface area contributed by atoms with Crippen molar-refractivity contribution < 1.29 is 0 Å². The molecule has 1 rings (SSSR count). The van der Waals surface area contributed by atoms with Gasteiger partial charge in [0.15, 0.2) is 0 Å². The standard InChI is InChI=1S/C18H33N3/c1-7-21(16(4)13-20(5)6)9-8-18(19)17-11-14(2)10-15(3)12-17/h10-12,16,18H,7-9,13,19H2,1-6H3. The van der Waals surface area contributed by atoms with E-state index in [1.54, 1.807) is 0 Å². The highest BCUT2D eigenvalue weighted by atomic mass is 15.2. The highest BCUT2D eigenvalue weighted by Gasteiger charge is 2.15. The van der Waals surface area contributed by atoms with Crippen LogP contribution in [0.15, 0.2) is 18.2 Å². The van der Waals surface area contributed by atoms with E-state index in [1.807, 2.05) is 0 Å². The van der Waals surface area contributed by atoms with Gasteiger partial charge in [-0.2, -0.15) is 0 Å². The summed E-state index contributed by atoms with van der Waals surface area (Å²) in [7, 11) is 4.26. The summed E-state index contributed by atoms with van der Waals surface area (Å²) in [4.78, 5) is 4.76. The maximum absolute atomic E-state index is 6.40. The summed E-state index contributed by atoms with van der Waals surface area (Å²) in [6.07, 6.45) is 1.01. The number of nitrogens with two attached hydrogens (primary N) is 1. The van der Waals surface area contributed by atoms with Gasteiger partial charge in [0.2, 0.25) is 0 Å². The summed E-state index contributed by atoms with van der Waals surface area (Å²) < 4.78 is 0. The van der Waals surface area contributed by atoms with Gasteiger partial charge in [-0.1, -0.05) is 36.2 Å². The Hall–Kier alpha value is -0.900. The van der Waals surface area contributed by atoms with Crippen LogP contribution >= 0.6 is 0 Å². The normalized spacial score (nSPS) is 14.7. The molecule has 3 heteroatoms. The zero-order valence-corrected chi connectivity index (χ0v) is 14.7. The Morgan fingerprint density at radius 3 is 2.14 bits per heavy atom. The molecule has 0 amide bonds. The van der Waals surface area contributed by atoms with E-state index in [1.165, 1.54) is 16.7 Å². The molecule has 0 saturated heterocycles. The van der Waals surface area contributed by atoms with E-state index in [0.29, 0.717) is 6.04 Å². The SMILES string of the molecule is CCN(CCC(N)c1cc(C)cc(C)c1)C(C)CN(C)C. The van der Waals surface area contributed by atoms with E-state index >= 15 is 0 Å². The van der Waals surface area contributed by atoms with Crippen LogP contribution < -0.4 is 5.73 Å². The summed E-state index contributed by atoms with van der Waals surface area (Å²) in [5, 5.41) is 0. The molecule has 2 atom stereocenters. The van der Waals surface area contributed by atoms with Gasteiger partial charge in [-0.15, -0.1) is 0 Å². The number of hydrogen-bond donors (Lipinski definition) is 1. The van der Waals surface area contributed by atoms with Gasteiger partial charge >= 0.3 is 0 Å². The highest BCUT2D eigenvalue weighted by Crippen LogP contribution is 2.18. The third-order valence-corrected chi connectivity index (χ3v) is 4.06. The van der Waals surface area contributed by atoms with Gasteiger partial charge < -0.3 is 10.6 Å². The first kappa shape index (κ1) is 18.1. The Labute approximate surface area is 131 Å². The molecule has 0 radical (unpaired) electrons. The molecule has 1 aromatic rings. The highest BCUT2D eigenvalue weighted by molar-refractivity contribution is 5.30. The zero-order valence-electron chi connectivity index (χ0n) is 14.7. The van der Waals surface area contributed by atoms with Crippen molar-refractivity contribution in [3.63, 3.8) is 0 Å². The Kier molecular flexibility index (Phi) is 7.36. The van der Waals surface area contributed by atoms with Gasteiger partial charge in [-0.05, 0) is 53.4 Å². The maximum atomic E-state index is 6.40. The average Bonchev–Trinajstić information content (AvgIpc) is 2.37. The predicted octanol–water partition coefficient (Wildman–Crippen LogP) is 2.97. The van der Waals surface area contributed by atoms with E-state index in [0.717, 1.165) is 26.1 Å². The minimum Gasteiger partial charge on any atom is -0.324 e. The van der Waals surface area contributed by atoms with Crippen molar-refractivity contribution in [2.45, 2.75) is 46.2 Å². The maximum Gasteiger partial charge on any atom is 0.0307 e. The number of benzene rings is 1. The lowest BCUT2D eigenvalue weighted by atomic mass is 9.99. The van der Waals surface area contributed by atoms with E-state index < -0.39 is 0 Å². The molecule has 21 heavy (non-hydrogen) atoms. The fraction of sp³-hybridized carbons (Fsp3) is 0.667. The Morgan fingerprint density at radius 2 is 1.67 bits per heavy atom. The van der Waals surface area contributed by atoms with E-state index in [2.05, 4.69) is 69.8 Å². The van der Waals surface area contributed by atoms with Crippen molar-refractivity contribution in [3.05, 3.63) is 34.9 Å². The minimum absolute atomic E-state index is 0.129. The lowest BCUT2D eigenvalue weighted by Crippen LogP contribution is -2.41. The van der Waals surface area contributed by atoms with Gasteiger partial charge in [0, 0.05) is 25.2 Å². The molecule has 2 N–H and O–H groups in total. The average molecular weight is 291 g/mol. The Morgan fingerprint density at radius 1 is 1.10 bits per heavy atom. The molecule has 0 aliphatic heterocycles. The topological polar surface area (TPSA) is 32.5 Å². The molecular formula is C18H33N3. The van der Waals surface area contributed by atoms with Gasteiger partial charge in [-0.3, -0.25) is 4.90 Å². The lowest BCUT2D eigenvalue weighted by molar-refractivity contribution is 0.176. The second-order valence-electron chi connectivity index (χ2n) is 6.56. The largest absolute Gasteiger partial charge is 0.324 e. The van der Waals surface area contributed by atoms with E-state index in [-0.39, 0.29) is 6.04 Å². The molecule has 0 bridgehead atoms. The fourth-order valence-electron chi connectivity index (χ4n) is 3.03. The summed E-state index contributed by atoms with van der Waals surface area (Å²) in [5.41, 5.74) is 10.3. The molecule has 0 spiro atoms.